The fraction of sp³-hybridized carbons (Fsp3) is 0.421. The van der Waals surface area contributed by atoms with Crippen LogP contribution < -0.4 is 5.73 Å². The van der Waals surface area contributed by atoms with E-state index in [1.165, 1.54) is 0 Å². The molecule has 2 aromatic rings. The summed E-state index contributed by atoms with van der Waals surface area (Å²) in [6.07, 6.45) is 2.15. The smallest absolute Gasteiger partial charge is 0.270 e. The summed E-state index contributed by atoms with van der Waals surface area (Å²) >= 11 is 0. The predicted molar refractivity (Wildman–Crippen MR) is 93.1 cm³/mol. The number of likely N-dealkylation sites (tertiary alicyclic amines) is 1. The number of rotatable bonds is 3. The van der Waals surface area contributed by atoms with E-state index in [9.17, 15) is 4.79 Å². The minimum absolute atomic E-state index is 0.111. The van der Waals surface area contributed by atoms with Crippen molar-refractivity contribution in [1.29, 1.82) is 0 Å². The van der Waals surface area contributed by atoms with Crippen LogP contribution >= 0.6 is 0 Å². The van der Waals surface area contributed by atoms with Crippen LogP contribution in [-0.2, 0) is 7.05 Å². The largest absolute Gasteiger partial charge is 0.340 e. The maximum atomic E-state index is 12.9. The van der Waals surface area contributed by atoms with Gasteiger partial charge in [0.1, 0.15) is 5.69 Å². The van der Waals surface area contributed by atoms with Crippen LogP contribution in [0, 0.1) is 5.92 Å². The van der Waals surface area contributed by atoms with Gasteiger partial charge >= 0.3 is 0 Å². The Morgan fingerprint density at radius 1 is 1.22 bits per heavy atom. The molecule has 0 aliphatic carbocycles. The van der Waals surface area contributed by atoms with E-state index in [4.69, 9.17) is 5.73 Å². The summed E-state index contributed by atoms with van der Waals surface area (Å²) in [5.74, 6) is 0.515. The molecular formula is C19H25N3O. The summed E-state index contributed by atoms with van der Waals surface area (Å²) < 4.78 is 1.99. The van der Waals surface area contributed by atoms with Crippen LogP contribution in [0.1, 0.15) is 30.3 Å². The number of carbonyl (C=O) groups is 1. The van der Waals surface area contributed by atoms with Crippen molar-refractivity contribution in [3.05, 3.63) is 48.2 Å². The highest BCUT2D eigenvalue weighted by molar-refractivity contribution is 5.94. The average Bonchev–Trinajstić information content (AvgIpc) is 2.96. The molecule has 2 atom stereocenters. The minimum Gasteiger partial charge on any atom is -0.340 e. The van der Waals surface area contributed by atoms with Crippen LogP contribution in [0.5, 0.6) is 0 Å². The Labute approximate surface area is 137 Å². The van der Waals surface area contributed by atoms with Gasteiger partial charge in [0.25, 0.3) is 5.91 Å². The Morgan fingerprint density at radius 2 is 1.96 bits per heavy atom. The Hall–Kier alpha value is -2.07. The molecule has 1 aromatic carbocycles. The second-order valence-corrected chi connectivity index (χ2v) is 6.54. The first-order valence-corrected chi connectivity index (χ1v) is 8.34. The summed E-state index contributed by atoms with van der Waals surface area (Å²) in [7, 11) is 1.96. The van der Waals surface area contributed by atoms with Gasteiger partial charge in [-0.1, -0.05) is 30.3 Å². The third-order valence-electron chi connectivity index (χ3n) is 4.90. The first kappa shape index (κ1) is 15.8. The van der Waals surface area contributed by atoms with E-state index >= 15 is 0 Å². The predicted octanol–water partition coefficient (Wildman–Crippen LogP) is 2.89. The zero-order chi connectivity index (χ0) is 16.4. The highest BCUT2D eigenvalue weighted by Crippen LogP contribution is 2.24. The molecule has 0 bridgehead atoms. The summed E-state index contributed by atoms with van der Waals surface area (Å²) in [6.45, 7) is 3.63. The molecule has 1 saturated heterocycles. The molecular weight excluding hydrogens is 286 g/mol. The summed E-state index contributed by atoms with van der Waals surface area (Å²) in [5.41, 5.74) is 8.97. The van der Waals surface area contributed by atoms with Crippen LogP contribution in [0.2, 0.25) is 0 Å². The van der Waals surface area contributed by atoms with Crippen molar-refractivity contribution in [2.24, 2.45) is 18.7 Å². The SMILES string of the molecule is CC(N)C1CCCN(C(=O)c2ccc(-c3ccccc3)n2C)C1. The van der Waals surface area contributed by atoms with E-state index < -0.39 is 0 Å². The van der Waals surface area contributed by atoms with Gasteiger partial charge in [-0.25, -0.2) is 0 Å². The highest BCUT2D eigenvalue weighted by atomic mass is 16.2. The zero-order valence-electron chi connectivity index (χ0n) is 13.9. The second kappa shape index (κ2) is 6.59. The summed E-state index contributed by atoms with van der Waals surface area (Å²) in [6, 6.07) is 14.3. The van der Waals surface area contributed by atoms with Gasteiger partial charge < -0.3 is 15.2 Å². The topological polar surface area (TPSA) is 51.3 Å². The van der Waals surface area contributed by atoms with E-state index in [1.807, 2.05) is 53.8 Å². The van der Waals surface area contributed by atoms with Crippen molar-refractivity contribution in [3.63, 3.8) is 0 Å². The third-order valence-corrected chi connectivity index (χ3v) is 4.90. The number of aromatic nitrogens is 1. The van der Waals surface area contributed by atoms with E-state index in [2.05, 4.69) is 12.1 Å². The lowest BCUT2D eigenvalue weighted by atomic mass is 9.92. The molecule has 3 rings (SSSR count). The first-order valence-electron chi connectivity index (χ1n) is 8.34. The number of hydrogen-bond acceptors (Lipinski definition) is 2. The molecule has 1 amide bonds. The summed E-state index contributed by atoms with van der Waals surface area (Å²) in [4.78, 5) is 14.9. The number of benzene rings is 1. The first-order chi connectivity index (χ1) is 11.1. The standard InChI is InChI=1S/C19H25N3O/c1-14(20)16-9-6-12-22(13-16)19(23)18-11-10-17(21(18)2)15-7-4-3-5-8-15/h3-5,7-8,10-11,14,16H,6,9,12-13,20H2,1-2H3. The maximum Gasteiger partial charge on any atom is 0.270 e. The Balaban J connectivity index is 1.82. The van der Waals surface area contributed by atoms with Gasteiger partial charge in [-0.3, -0.25) is 4.79 Å². The molecule has 0 spiro atoms. The fourth-order valence-electron chi connectivity index (χ4n) is 3.41. The Morgan fingerprint density at radius 3 is 2.65 bits per heavy atom. The Kier molecular flexibility index (Phi) is 4.53. The van der Waals surface area contributed by atoms with E-state index in [-0.39, 0.29) is 11.9 Å². The average molecular weight is 311 g/mol. The number of nitrogens with two attached hydrogens (primary N) is 1. The number of amides is 1. The zero-order valence-corrected chi connectivity index (χ0v) is 13.9. The molecule has 1 aliphatic heterocycles. The van der Waals surface area contributed by atoms with E-state index in [0.29, 0.717) is 5.92 Å². The van der Waals surface area contributed by atoms with Gasteiger partial charge in [0, 0.05) is 31.9 Å². The van der Waals surface area contributed by atoms with Gasteiger partial charge in [-0.05, 0) is 43.4 Å². The highest BCUT2D eigenvalue weighted by Gasteiger charge is 2.27. The molecule has 23 heavy (non-hydrogen) atoms. The molecule has 2 unspecified atom stereocenters. The van der Waals surface area contributed by atoms with Crippen molar-refractivity contribution >= 4 is 5.91 Å². The third kappa shape index (κ3) is 3.17. The van der Waals surface area contributed by atoms with Crippen LogP contribution in [0.4, 0.5) is 0 Å². The maximum absolute atomic E-state index is 12.9. The monoisotopic (exact) mass is 311 g/mol. The van der Waals surface area contributed by atoms with Gasteiger partial charge in [-0.15, -0.1) is 0 Å². The van der Waals surface area contributed by atoms with Crippen LogP contribution in [-0.4, -0.2) is 34.5 Å². The molecule has 1 aromatic heterocycles. The fourth-order valence-corrected chi connectivity index (χ4v) is 3.41. The molecule has 0 radical (unpaired) electrons. The van der Waals surface area contributed by atoms with Crippen molar-refractivity contribution in [1.82, 2.24) is 9.47 Å². The number of piperidine rings is 1. The van der Waals surface area contributed by atoms with Crippen molar-refractivity contribution in [3.8, 4) is 11.3 Å². The van der Waals surface area contributed by atoms with Crippen molar-refractivity contribution in [2.45, 2.75) is 25.8 Å². The molecule has 1 aliphatic rings. The van der Waals surface area contributed by atoms with Crippen LogP contribution in [0.25, 0.3) is 11.3 Å². The van der Waals surface area contributed by atoms with Gasteiger partial charge in [0.2, 0.25) is 0 Å². The quantitative estimate of drug-likeness (QED) is 0.947. The van der Waals surface area contributed by atoms with Crippen molar-refractivity contribution in [2.75, 3.05) is 13.1 Å². The molecule has 4 heteroatoms. The normalized spacial score (nSPS) is 19.6. The number of nitrogens with zero attached hydrogens (tertiary/aromatic N) is 2. The molecule has 0 saturated carbocycles. The molecule has 4 nitrogen and oxygen atoms in total. The van der Waals surface area contributed by atoms with Crippen molar-refractivity contribution < 1.29 is 4.79 Å². The van der Waals surface area contributed by atoms with Gasteiger partial charge in [0.05, 0.1) is 0 Å². The number of hydrogen-bond donors (Lipinski definition) is 1. The molecule has 122 valence electrons. The Bertz CT molecular complexity index is 675. The lowest BCUT2D eigenvalue weighted by Gasteiger charge is -2.34. The van der Waals surface area contributed by atoms with Crippen LogP contribution in [0.3, 0.4) is 0 Å². The summed E-state index contributed by atoms with van der Waals surface area (Å²) in [5, 5.41) is 0. The molecule has 2 N–H and O–H groups in total. The lowest BCUT2D eigenvalue weighted by molar-refractivity contribution is 0.0651. The molecule has 2 heterocycles. The van der Waals surface area contributed by atoms with Crippen LogP contribution in [0.15, 0.2) is 42.5 Å². The van der Waals surface area contributed by atoms with E-state index in [1.54, 1.807) is 0 Å². The van der Waals surface area contributed by atoms with Gasteiger partial charge in [0.15, 0.2) is 0 Å². The second-order valence-electron chi connectivity index (χ2n) is 6.54. The van der Waals surface area contributed by atoms with E-state index in [0.717, 1.165) is 42.9 Å². The lowest BCUT2D eigenvalue weighted by Crippen LogP contribution is -2.45. The van der Waals surface area contributed by atoms with Gasteiger partial charge in [-0.2, -0.15) is 0 Å². The minimum atomic E-state index is 0.111. The molecule has 1 fully saturated rings. The number of carbonyl (C=O) groups excluding carboxylic acids is 1.